The van der Waals surface area contributed by atoms with Gasteiger partial charge in [0.2, 0.25) is 5.28 Å². The zero-order chi connectivity index (χ0) is 26.3. The smallest absolute Gasteiger partial charge is 0.340 e. The number of fused-ring (bicyclic) bond motifs is 1. The van der Waals surface area contributed by atoms with Crippen molar-refractivity contribution in [2.75, 3.05) is 17.8 Å². The van der Waals surface area contributed by atoms with Crippen LogP contribution in [-0.4, -0.2) is 59.0 Å². The third-order valence-corrected chi connectivity index (χ3v) is 8.97. The molecule has 17 heteroatoms. The highest BCUT2D eigenvalue weighted by Crippen LogP contribution is 2.55. The summed E-state index contributed by atoms with van der Waals surface area (Å²) in [4.78, 5) is 39.9. The lowest BCUT2D eigenvalue weighted by atomic mass is 10.1. The van der Waals surface area contributed by atoms with Gasteiger partial charge < -0.3 is 29.3 Å². The van der Waals surface area contributed by atoms with Crippen LogP contribution in [-0.2, 0) is 18.4 Å². The summed E-state index contributed by atoms with van der Waals surface area (Å²) >= 11 is 6.10. The summed E-state index contributed by atoms with van der Waals surface area (Å²) in [6.07, 6.45) is -2.72. The summed E-state index contributed by atoms with van der Waals surface area (Å²) in [5, 5.41) is 2.98. The Labute approximate surface area is 208 Å². The minimum atomic E-state index is -4.80. The van der Waals surface area contributed by atoms with Gasteiger partial charge in [0.1, 0.15) is 12.0 Å². The Balaban J connectivity index is 1.51. The Morgan fingerprint density at radius 1 is 1.28 bits per heavy atom. The molecule has 1 unspecified atom stereocenters. The molecule has 0 bridgehead atoms. The van der Waals surface area contributed by atoms with E-state index >= 15 is 0 Å². The molecule has 2 aromatic heterocycles. The van der Waals surface area contributed by atoms with Crippen molar-refractivity contribution in [3.63, 3.8) is 0 Å². The van der Waals surface area contributed by atoms with Crippen molar-refractivity contribution in [1.29, 1.82) is 0 Å². The maximum atomic E-state index is 14.9. The summed E-state index contributed by atoms with van der Waals surface area (Å²) in [5.41, 5.74) is 1.20. The number of halogens is 3. The number of anilines is 1. The van der Waals surface area contributed by atoms with Gasteiger partial charge in [0.15, 0.2) is 29.1 Å². The Kier molecular flexibility index (Phi) is 7.80. The van der Waals surface area contributed by atoms with Gasteiger partial charge in [-0.15, -0.1) is 0 Å². The number of benzene rings is 1. The van der Waals surface area contributed by atoms with E-state index in [2.05, 4.69) is 20.3 Å². The molecule has 4 rings (SSSR count). The van der Waals surface area contributed by atoms with Crippen LogP contribution in [0.1, 0.15) is 31.2 Å². The molecule has 1 aliphatic heterocycles. The number of imidazole rings is 1. The lowest BCUT2D eigenvalue weighted by Gasteiger charge is -2.18. The summed E-state index contributed by atoms with van der Waals surface area (Å²) in [6.45, 7) is 1.26. The summed E-state index contributed by atoms with van der Waals surface area (Å²) in [5.74, 6) is -1.47. The van der Waals surface area contributed by atoms with Crippen LogP contribution >= 0.6 is 26.8 Å². The van der Waals surface area contributed by atoms with Crippen molar-refractivity contribution in [3.8, 4) is 0 Å². The van der Waals surface area contributed by atoms with Crippen LogP contribution < -0.4 is 5.32 Å². The van der Waals surface area contributed by atoms with E-state index in [9.17, 15) is 22.8 Å². The van der Waals surface area contributed by atoms with E-state index in [1.165, 1.54) is 23.0 Å². The third kappa shape index (κ3) is 6.45. The maximum absolute atomic E-state index is 14.9. The molecule has 36 heavy (non-hydrogen) atoms. The van der Waals surface area contributed by atoms with Crippen LogP contribution in [0.25, 0.3) is 11.2 Å². The van der Waals surface area contributed by atoms with Crippen molar-refractivity contribution in [2.45, 2.75) is 37.9 Å². The first-order valence-corrected chi connectivity index (χ1v) is 14.5. The average Bonchev–Trinajstić information content (AvgIpc) is 3.34. The monoisotopic (exact) mass is 567 g/mol. The zero-order valence-corrected chi connectivity index (χ0v) is 21.2. The molecule has 3 aromatic rings. The second-order valence-electron chi connectivity index (χ2n) is 8.22. The normalized spacial score (nSPS) is 23.0. The Bertz CT molecular complexity index is 1340. The standard InChI is InChI=1S/C19H22ClF2N5O7P2/c1-10(11-2-4-12(21)5-3-11)24-16-15-17(26-19(20)25-16)27(8-23-15)18-14(22)6-13(34-18)7-33-36(31,32)9-35(28,29)30/h2-5,8,10,13-14,18H,6-7,9H2,1H3,(H,31,32)(H,24,25,26)(H2,28,29,30)/t10-,13-,14-,18+/m0/s1. The van der Waals surface area contributed by atoms with Crippen molar-refractivity contribution >= 4 is 43.8 Å². The molecule has 1 saturated heterocycles. The fraction of sp³-hybridized carbons (Fsp3) is 0.421. The molecular formula is C19H22ClF2N5O7P2. The highest BCUT2D eigenvalue weighted by atomic mass is 35.5. The quantitative estimate of drug-likeness (QED) is 0.219. The van der Waals surface area contributed by atoms with E-state index in [1.54, 1.807) is 12.1 Å². The van der Waals surface area contributed by atoms with Gasteiger partial charge in [-0.2, -0.15) is 9.97 Å². The third-order valence-electron chi connectivity index (χ3n) is 5.35. The first-order valence-electron chi connectivity index (χ1n) is 10.5. The second-order valence-corrected chi connectivity index (χ2v) is 12.6. The van der Waals surface area contributed by atoms with Crippen molar-refractivity contribution in [3.05, 3.63) is 47.3 Å². The predicted octanol–water partition coefficient (Wildman–Crippen LogP) is 3.75. The van der Waals surface area contributed by atoms with Crippen molar-refractivity contribution in [1.82, 2.24) is 19.5 Å². The van der Waals surface area contributed by atoms with Crippen molar-refractivity contribution < 1.29 is 41.9 Å². The second kappa shape index (κ2) is 10.4. The molecule has 0 saturated carbocycles. The van der Waals surface area contributed by atoms with E-state index in [-0.39, 0.29) is 40.5 Å². The number of alkyl halides is 1. The first kappa shape index (κ1) is 27.0. The van der Waals surface area contributed by atoms with Crippen LogP contribution in [0.2, 0.25) is 5.28 Å². The van der Waals surface area contributed by atoms with Crippen molar-refractivity contribution in [2.24, 2.45) is 0 Å². The predicted molar refractivity (Wildman–Crippen MR) is 125 cm³/mol. The van der Waals surface area contributed by atoms with Gasteiger partial charge in [0, 0.05) is 6.42 Å². The minimum Gasteiger partial charge on any atom is -0.362 e. The molecule has 0 radical (unpaired) electrons. The van der Waals surface area contributed by atoms with E-state index < -0.39 is 46.2 Å². The highest BCUT2D eigenvalue weighted by Gasteiger charge is 2.40. The van der Waals surface area contributed by atoms with Gasteiger partial charge in [0.05, 0.1) is 25.1 Å². The van der Waals surface area contributed by atoms with Gasteiger partial charge in [0.25, 0.3) is 0 Å². The number of hydrogen-bond acceptors (Lipinski definition) is 8. The molecule has 0 spiro atoms. The molecule has 5 atom stereocenters. The number of nitrogens with one attached hydrogen (secondary N) is 1. The average molecular weight is 568 g/mol. The molecular weight excluding hydrogens is 546 g/mol. The molecule has 3 heterocycles. The van der Waals surface area contributed by atoms with E-state index in [1.807, 2.05) is 6.92 Å². The number of nitrogens with zero attached hydrogens (tertiary/aromatic N) is 4. The van der Waals surface area contributed by atoms with Gasteiger partial charge >= 0.3 is 15.2 Å². The topological polar surface area (TPSA) is 169 Å². The molecule has 12 nitrogen and oxygen atoms in total. The largest absolute Gasteiger partial charge is 0.362 e. The number of rotatable bonds is 9. The number of aromatic nitrogens is 4. The Hall–Kier alpha value is -2.02. The van der Waals surface area contributed by atoms with Gasteiger partial charge in [-0.05, 0) is 36.2 Å². The van der Waals surface area contributed by atoms with Crippen LogP contribution in [0.3, 0.4) is 0 Å². The van der Waals surface area contributed by atoms with Crippen LogP contribution in [0, 0.1) is 5.82 Å². The molecule has 0 aliphatic carbocycles. The number of hydrogen-bond donors (Lipinski definition) is 4. The molecule has 1 aromatic carbocycles. The van der Waals surface area contributed by atoms with Gasteiger partial charge in [-0.1, -0.05) is 12.1 Å². The van der Waals surface area contributed by atoms with Crippen LogP contribution in [0.15, 0.2) is 30.6 Å². The zero-order valence-electron chi connectivity index (χ0n) is 18.6. The highest BCUT2D eigenvalue weighted by molar-refractivity contribution is 7.70. The van der Waals surface area contributed by atoms with Gasteiger partial charge in [-0.3, -0.25) is 13.7 Å². The fourth-order valence-electron chi connectivity index (χ4n) is 3.74. The molecule has 0 amide bonds. The Morgan fingerprint density at radius 3 is 2.64 bits per heavy atom. The van der Waals surface area contributed by atoms with Gasteiger partial charge in [-0.25, -0.2) is 13.8 Å². The number of ether oxygens (including phenoxy) is 1. The molecule has 196 valence electrons. The summed E-state index contributed by atoms with van der Waals surface area (Å²) in [6, 6.07) is 5.56. The fourth-order valence-corrected chi connectivity index (χ4v) is 6.50. The summed E-state index contributed by atoms with van der Waals surface area (Å²) in [7, 11) is -9.41. The molecule has 1 fully saturated rings. The summed E-state index contributed by atoms with van der Waals surface area (Å²) < 4.78 is 62.6. The SMILES string of the molecule is C[C@H](Nc1nc(Cl)nc2c1ncn2[C@@H]1O[C@H](COP(=O)(O)CP(=O)(O)O)C[C@@H]1F)c1ccc(F)cc1. The van der Waals surface area contributed by atoms with E-state index in [4.69, 9.17) is 30.6 Å². The molecule has 4 N–H and O–H groups in total. The van der Waals surface area contributed by atoms with E-state index in [0.717, 1.165) is 5.56 Å². The lowest BCUT2D eigenvalue weighted by molar-refractivity contribution is -0.0324. The van der Waals surface area contributed by atoms with E-state index in [0.29, 0.717) is 0 Å². The Morgan fingerprint density at radius 2 is 1.97 bits per heavy atom. The maximum Gasteiger partial charge on any atom is 0.340 e. The lowest BCUT2D eigenvalue weighted by Crippen LogP contribution is -2.18. The minimum absolute atomic E-state index is 0.148. The first-order chi connectivity index (χ1) is 16.8. The van der Waals surface area contributed by atoms with Crippen LogP contribution in [0.4, 0.5) is 14.6 Å². The van der Waals surface area contributed by atoms with Crippen LogP contribution in [0.5, 0.6) is 0 Å². The molecule has 1 aliphatic rings.